The molecule has 2 amide bonds. The molecular weight excluding hydrogens is 388 g/mol. The maximum absolute atomic E-state index is 12.7. The van der Waals surface area contributed by atoms with Crippen LogP contribution < -0.4 is 19.7 Å². The summed E-state index contributed by atoms with van der Waals surface area (Å²) in [4.78, 5) is 38.4. The molecule has 1 heterocycles. The summed E-state index contributed by atoms with van der Waals surface area (Å²) in [7, 11) is 3.06. The largest absolute Gasteiger partial charge is 0.493 e. The second-order valence-electron chi connectivity index (χ2n) is 6.73. The van der Waals surface area contributed by atoms with E-state index >= 15 is 0 Å². The molecule has 30 heavy (non-hydrogen) atoms. The highest BCUT2D eigenvalue weighted by molar-refractivity contribution is 6.03. The lowest BCUT2D eigenvalue weighted by Crippen LogP contribution is -2.28. The Bertz CT molecular complexity index is 941. The average molecular weight is 412 g/mol. The number of nitrogens with one attached hydrogen (secondary N) is 1. The fraction of sp³-hybridized carbons (Fsp3) is 0.318. The third-order valence-electron chi connectivity index (χ3n) is 4.84. The lowest BCUT2D eigenvalue weighted by atomic mass is 10.1. The Labute approximate surface area is 174 Å². The van der Waals surface area contributed by atoms with Crippen molar-refractivity contribution in [2.75, 3.05) is 37.6 Å². The van der Waals surface area contributed by atoms with Crippen LogP contribution in [-0.4, -0.2) is 45.2 Å². The van der Waals surface area contributed by atoms with Gasteiger partial charge in [0.25, 0.3) is 0 Å². The normalized spacial score (nSPS) is 15.6. The third kappa shape index (κ3) is 4.53. The van der Waals surface area contributed by atoms with E-state index in [1.54, 1.807) is 54.3 Å². The number of benzene rings is 2. The first-order valence-corrected chi connectivity index (χ1v) is 9.57. The number of ether oxygens (including phenoxy) is 3. The molecule has 0 spiro atoms. The molecule has 0 unspecified atom stereocenters. The van der Waals surface area contributed by atoms with E-state index in [0.29, 0.717) is 35.0 Å². The molecule has 8 nitrogen and oxygen atoms in total. The van der Waals surface area contributed by atoms with Crippen molar-refractivity contribution in [1.29, 1.82) is 0 Å². The molecule has 158 valence electrons. The van der Waals surface area contributed by atoms with Gasteiger partial charge >= 0.3 is 5.97 Å². The number of hydrogen-bond acceptors (Lipinski definition) is 6. The molecule has 3 rings (SSSR count). The number of amides is 2. The number of rotatable bonds is 7. The standard InChI is InChI=1S/C22H24N2O6/c1-4-30-22(27)14-5-7-16(8-6-14)23-21(26)15-11-20(25)24(13-15)17-9-10-18(28-2)19(12-17)29-3/h5-10,12,15H,4,11,13H2,1-3H3,(H,23,26)/t15-/m1/s1. The molecule has 0 aliphatic carbocycles. The Hall–Kier alpha value is -3.55. The van der Waals surface area contributed by atoms with Crippen LogP contribution >= 0.6 is 0 Å². The first kappa shape index (κ1) is 21.2. The molecule has 1 N–H and O–H groups in total. The van der Waals surface area contributed by atoms with Gasteiger partial charge < -0.3 is 24.4 Å². The van der Waals surface area contributed by atoms with E-state index < -0.39 is 11.9 Å². The molecule has 1 saturated heterocycles. The van der Waals surface area contributed by atoms with Crippen molar-refractivity contribution in [1.82, 2.24) is 0 Å². The molecular formula is C22H24N2O6. The number of nitrogens with zero attached hydrogens (tertiary/aromatic N) is 1. The summed E-state index contributed by atoms with van der Waals surface area (Å²) in [6.45, 7) is 2.30. The fourth-order valence-corrected chi connectivity index (χ4v) is 3.27. The molecule has 1 fully saturated rings. The van der Waals surface area contributed by atoms with Crippen LogP contribution in [0.5, 0.6) is 11.5 Å². The van der Waals surface area contributed by atoms with Crippen LogP contribution in [0.15, 0.2) is 42.5 Å². The van der Waals surface area contributed by atoms with E-state index in [0.717, 1.165) is 0 Å². The summed E-state index contributed by atoms with van der Waals surface area (Å²) in [5.74, 6) is -0.223. The number of anilines is 2. The van der Waals surface area contributed by atoms with Gasteiger partial charge in [0.15, 0.2) is 11.5 Å². The highest BCUT2D eigenvalue weighted by Crippen LogP contribution is 2.34. The highest BCUT2D eigenvalue weighted by atomic mass is 16.5. The molecule has 0 aromatic heterocycles. The predicted molar refractivity (Wildman–Crippen MR) is 111 cm³/mol. The van der Waals surface area contributed by atoms with Gasteiger partial charge in [-0.1, -0.05) is 0 Å². The van der Waals surface area contributed by atoms with Crippen LogP contribution in [0.4, 0.5) is 11.4 Å². The summed E-state index contributed by atoms with van der Waals surface area (Å²) in [6, 6.07) is 11.6. The van der Waals surface area contributed by atoms with Crippen molar-refractivity contribution in [3.8, 4) is 11.5 Å². The number of methoxy groups -OCH3 is 2. The zero-order valence-corrected chi connectivity index (χ0v) is 17.1. The van der Waals surface area contributed by atoms with E-state index in [9.17, 15) is 14.4 Å². The van der Waals surface area contributed by atoms with Gasteiger partial charge in [-0.05, 0) is 43.3 Å². The molecule has 0 radical (unpaired) electrons. The average Bonchev–Trinajstić information content (AvgIpc) is 3.15. The van der Waals surface area contributed by atoms with Crippen LogP contribution in [0.3, 0.4) is 0 Å². The Morgan fingerprint density at radius 3 is 2.40 bits per heavy atom. The minimum atomic E-state index is -0.490. The van der Waals surface area contributed by atoms with E-state index in [1.807, 2.05) is 0 Å². The smallest absolute Gasteiger partial charge is 0.338 e. The van der Waals surface area contributed by atoms with Gasteiger partial charge in [0.1, 0.15) is 0 Å². The quantitative estimate of drug-likeness (QED) is 0.703. The minimum absolute atomic E-state index is 0.112. The van der Waals surface area contributed by atoms with Gasteiger partial charge in [0.2, 0.25) is 11.8 Å². The maximum Gasteiger partial charge on any atom is 0.338 e. The number of carbonyl (C=O) groups excluding carboxylic acids is 3. The van der Waals surface area contributed by atoms with Crippen molar-refractivity contribution >= 4 is 29.2 Å². The summed E-state index contributed by atoms with van der Waals surface area (Å²) < 4.78 is 15.5. The van der Waals surface area contributed by atoms with E-state index in [4.69, 9.17) is 14.2 Å². The molecule has 1 aliphatic heterocycles. The van der Waals surface area contributed by atoms with Crippen LogP contribution in [-0.2, 0) is 14.3 Å². The van der Waals surface area contributed by atoms with Crippen LogP contribution in [0.25, 0.3) is 0 Å². The second-order valence-corrected chi connectivity index (χ2v) is 6.73. The molecule has 8 heteroatoms. The van der Waals surface area contributed by atoms with Crippen molar-refractivity contribution < 1.29 is 28.6 Å². The summed E-state index contributed by atoms with van der Waals surface area (Å²) in [5, 5.41) is 2.80. The van der Waals surface area contributed by atoms with Gasteiger partial charge in [-0.25, -0.2) is 4.79 Å². The van der Waals surface area contributed by atoms with Crippen LogP contribution in [0.2, 0.25) is 0 Å². The first-order valence-electron chi connectivity index (χ1n) is 9.57. The molecule has 0 saturated carbocycles. The molecule has 1 atom stereocenters. The van der Waals surface area contributed by atoms with Gasteiger partial charge in [-0.2, -0.15) is 0 Å². The van der Waals surface area contributed by atoms with Gasteiger partial charge in [0, 0.05) is 30.4 Å². The monoisotopic (exact) mass is 412 g/mol. The molecule has 2 aromatic carbocycles. The van der Waals surface area contributed by atoms with Gasteiger partial charge in [-0.15, -0.1) is 0 Å². The van der Waals surface area contributed by atoms with Gasteiger partial charge in [-0.3, -0.25) is 9.59 Å². The fourth-order valence-electron chi connectivity index (χ4n) is 3.27. The third-order valence-corrected chi connectivity index (χ3v) is 4.84. The molecule has 0 bridgehead atoms. The van der Waals surface area contributed by atoms with Crippen molar-refractivity contribution in [2.45, 2.75) is 13.3 Å². The first-order chi connectivity index (χ1) is 14.5. The Morgan fingerprint density at radius 1 is 1.07 bits per heavy atom. The predicted octanol–water partition coefficient (Wildman–Crippen LogP) is 2.87. The maximum atomic E-state index is 12.7. The lowest BCUT2D eigenvalue weighted by Gasteiger charge is -2.18. The van der Waals surface area contributed by atoms with Crippen molar-refractivity contribution in [3.63, 3.8) is 0 Å². The number of hydrogen-bond donors (Lipinski definition) is 1. The van der Waals surface area contributed by atoms with Crippen molar-refractivity contribution in [3.05, 3.63) is 48.0 Å². The van der Waals surface area contributed by atoms with E-state index in [1.165, 1.54) is 14.2 Å². The minimum Gasteiger partial charge on any atom is -0.493 e. The SMILES string of the molecule is CCOC(=O)c1ccc(NC(=O)[C@@H]2CC(=O)N(c3ccc(OC)c(OC)c3)C2)cc1. The summed E-state index contributed by atoms with van der Waals surface area (Å²) >= 11 is 0. The van der Waals surface area contributed by atoms with E-state index in [-0.39, 0.29) is 24.8 Å². The molecule has 1 aliphatic rings. The highest BCUT2D eigenvalue weighted by Gasteiger charge is 2.35. The lowest BCUT2D eigenvalue weighted by molar-refractivity contribution is -0.122. The molecule has 2 aromatic rings. The topological polar surface area (TPSA) is 94.2 Å². The van der Waals surface area contributed by atoms with Crippen molar-refractivity contribution in [2.24, 2.45) is 5.92 Å². The Kier molecular flexibility index (Phi) is 6.56. The Balaban J connectivity index is 1.66. The number of esters is 1. The second kappa shape index (κ2) is 9.30. The Morgan fingerprint density at radius 2 is 1.77 bits per heavy atom. The zero-order chi connectivity index (χ0) is 21.7. The zero-order valence-electron chi connectivity index (χ0n) is 17.1. The van der Waals surface area contributed by atoms with Crippen LogP contribution in [0, 0.1) is 5.92 Å². The van der Waals surface area contributed by atoms with Gasteiger partial charge in [0.05, 0.1) is 32.3 Å². The van der Waals surface area contributed by atoms with E-state index in [2.05, 4.69) is 5.32 Å². The summed E-state index contributed by atoms with van der Waals surface area (Å²) in [5.41, 5.74) is 1.60. The summed E-state index contributed by atoms with van der Waals surface area (Å²) in [6.07, 6.45) is 0.112. The number of carbonyl (C=O) groups is 3. The van der Waals surface area contributed by atoms with Crippen LogP contribution in [0.1, 0.15) is 23.7 Å².